The van der Waals surface area contributed by atoms with Gasteiger partial charge in [-0.2, -0.15) is 5.26 Å². The van der Waals surface area contributed by atoms with Crippen molar-refractivity contribution < 1.29 is 13.9 Å². The normalized spacial score (nSPS) is 23.9. The third-order valence-electron chi connectivity index (χ3n) is 4.18. The molecule has 0 bridgehead atoms. The molecule has 1 aliphatic carbocycles. The van der Waals surface area contributed by atoms with Crippen LogP contribution in [0.3, 0.4) is 0 Å². The van der Waals surface area contributed by atoms with Gasteiger partial charge in [0.05, 0.1) is 11.8 Å². The summed E-state index contributed by atoms with van der Waals surface area (Å²) in [6.45, 7) is 4.05. The Hall–Kier alpha value is -2.48. The second kappa shape index (κ2) is 5.06. The van der Waals surface area contributed by atoms with E-state index in [0.29, 0.717) is 36.2 Å². The number of ether oxygens (including phenoxy) is 1. The molecule has 1 aromatic rings. The van der Waals surface area contributed by atoms with Crippen molar-refractivity contribution in [2.24, 2.45) is 17.1 Å². The van der Waals surface area contributed by atoms with E-state index < -0.39 is 0 Å². The topological polar surface area (TPSA) is 89.2 Å². The van der Waals surface area contributed by atoms with Crippen molar-refractivity contribution in [2.45, 2.75) is 33.1 Å². The van der Waals surface area contributed by atoms with E-state index in [9.17, 15) is 10.1 Å². The van der Waals surface area contributed by atoms with Crippen LogP contribution in [0.25, 0.3) is 0 Å². The predicted octanol–water partition coefficient (Wildman–Crippen LogP) is 2.81. The maximum Gasteiger partial charge on any atom is 0.204 e. The molecule has 22 heavy (non-hydrogen) atoms. The second-order valence-electron chi connectivity index (χ2n) is 6.61. The summed E-state index contributed by atoms with van der Waals surface area (Å²) in [5.41, 5.74) is 6.64. The van der Waals surface area contributed by atoms with Crippen molar-refractivity contribution in [3.8, 4) is 6.07 Å². The van der Waals surface area contributed by atoms with Gasteiger partial charge >= 0.3 is 0 Å². The van der Waals surface area contributed by atoms with Crippen LogP contribution < -0.4 is 5.73 Å². The van der Waals surface area contributed by atoms with Crippen LogP contribution >= 0.6 is 0 Å². The Balaban J connectivity index is 2.05. The number of nitriles is 1. The van der Waals surface area contributed by atoms with Gasteiger partial charge in [0, 0.05) is 30.8 Å². The number of furan rings is 1. The fraction of sp³-hybridized carbons (Fsp3) is 0.412. The molecule has 0 saturated heterocycles. The summed E-state index contributed by atoms with van der Waals surface area (Å²) in [7, 11) is 0. The van der Waals surface area contributed by atoms with E-state index >= 15 is 0 Å². The van der Waals surface area contributed by atoms with Gasteiger partial charge in [0.15, 0.2) is 5.78 Å². The molecule has 1 atom stereocenters. The average molecular weight is 298 g/mol. The smallest absolute Gasteiger partial charge is 0.204 e. The van der Waals surface area contributed by atoms with Gasteiger partial charge in [0.25, 0.3) is 0 Å². The number of nitrogens with two attached hydrogens (primary N) is 1. The molecule has 2 aliphatic rings. The van der Waals surface area contributed by atoms with Gasteiger partial charge < -0.3 is 14.9 Å². The SMILES string of the molecule is CC1(C)CC(=O)C2=C(C1)OC(N)=C(C#N)C2Cc1ccco1. The van der Waals surface area contributed by atoms with Gasteiger partial charge in [0.2, 0.25) is 5.88 Å². The number of ketones is 1. The van der Waals surface area contributed by atoms with Crippen LogP contribution in [0.1, 0.15) is 32.4 Å². The zero-order valence-electron chi connectivity index (χ0n) is 12.7. The Morgan fingerprint density at radius 2 is 2.23 bits per heavy atom. The molecule has 2 N–H and O–H groups in total. The summed E-state index contributed by atoms with van der Waals surface area (Å²) < 4.78 is 11.0. The van der Waals surface area contributed by atoms with Crippen LogP contribution in [0.5, 0.6) is 0 Å². The molecule has 3 rings (SSSR count). The minimum absolute atomic E-state index is 0.0306. The number of hydrogen-bond acceptors (Lipinski definition) is 5. The van der Waals surface area contributed by atoms with E-state index in [1.807, 2.05) is 19.9 Å². The fourth-order valence-corrected chi connectivity index (χ4v) is 3.23. The Bertz CT molecular complexity index is 718. The Labute approximate surface area is 129 Å². The van der Waals surface area contributed by atoms with Gasteiger partial charge in [-0.25, -0.2) is 0 Å². The predicted molar refractivity (Wildman–Crippen MR) is 78.9 cm³/mol. The molecule has 0 aromatic carbocycles. The standard InChI is InChI=1S/C17H18N2O3/c1-17(2)7-13(20)15-11(6-10-4-3-5-21-10)12(9-18)16(19)22-14(15)8-17/h3-5,11H,6-8,19H2,1-2H3. The Kier molecular flexibility index (Phi) is 3.32. The third kappa shape index (κ3) is 2.41. The van der Waals surface area contributed by atoms with Crippen LogP contribution in [0.4, 0.5) is 0 Å². The molecule has 1 aliphatic heterocycles. The summed E-state index contributed by atoms with van der Waals surface area (Å²) in [6, 6.07) is 5.71. The highest BCUT2D eigenvalue weighted by Crippen LogP contribution is 2.45. The molecule has 0 amide bonds. The molecule has 2 heterocycles. The van der Waals surface area contributed by atoms with Crippen molar-refractivity contribution >= 4 is 5.78 Å². The number of carbonyl (C=O) groups is 1. The Morgan fingerprint density at radius 3 is 2.86 bits per heavy atom. The van der Waals surface area contributed by atoms with Crippen molar-refractivity contribution in [1.82, 2.24) is 0 Å². The minimum Gasteiger partial charge on any atom is -0.469 e. The average Bonchev–Trinajstić information content (AvgIpc) is 2.89. The first-order valence-electron chi connectivity index (χ1n) is 7.27. The van der Waals surface area contributed by atoms with Gasteiger partial charge in [-0.15, -0.1) is 0 Å². The lowest BCUT2D eigenvalue weighted by atomic mass is 9.71. The fourth-order valence-electron chi connectivity index (χ4n) is 3.23. The lowest BCUT2D eigenvalue weighted by Crippen LogP contribution is -2.35. The van der Waals surface area contributed by atoms with E-state index in [2.05, 4.69) is 6.07 Å². The highest BCUT2D eigenvalue weighted by Gasteiger charge is 2.42. The lowest BCUT2D eigenvalue weighted by Gasteiger charge is -2.36. The second-order valence-corrected chi connectivity index (χ2v) is 6.61. The van der Waals surface area contributed by atoms with Crippen LogP contribution in [-0.2, 0) is 16.0 Å². The summed E-state index contributed by atoms with van der Waals surface area (Å²) in [5.74, 6) is 1.07. The monoisotopic (exact) mass is 298 g/mol. The van der Waals surface area contributed by atoms with Crippen LogP contribution in [0.2, 0.25) is 0 Å². The van der Waals surface area contributed by atoms with E-state index in [0.717, 1.165) is 5.76 Å². The number of rotatable bonds is 2. The zero-order valence-corrected chi connectivity index (χ0v) is 12.7. The molecular formula is C17H18N2O3. The van der Waals surface area contributed by atoms with Crippen LogP contribution in [-0.4, -0.2) is 5.78 Å². The molecule has 0 spiro atoms. The van der Waals surface area contributed by atoms with Crippen LogP contribution in [0.15, 0.2) is 45.6 Å². The molecule has 0 fully saturated rings. The van der Waals surface area contributed by atoms with Crippen LogP contribution in [0, 0.1) is 22.7 Å². The molecule has 114 valence electrons. The van der Waals surface area contributed by atoms with Gasteiger partial charge in [-0.1, -0.05) is 13.8 Å². The summed E-state index contributed by atoms with van der Waals surface area (Å²) >= 11 is 0. The number of Topliss-reactive ketones (excluding diaryl/α,β-unsaturated/α-hetero) is 1. The van der Waals surface area contributed by atoms with E-state index in [1.165, 1.54) is 0 Å². The number of carbonyl (C=O) groups excluding carboxylic acids is 1. The third-order valence-corrected chi connectivity index (χ3v) is 4.18. The van der Waals surface area contributed by atoms with Gasteiger partial charge in [-0.05, 0) is 17.5 Å². The van der Waals surface area contributed by atoms with E-state index in [-0.39, 0.29) is 23.0 Å². The Morgan fingerprint density at radius 1 is 1.45 bits per heavy atom. The van der Waals surface area contributed by atoms with Crippen molar-refractivity contribution in [3.63, 3.8) is 0 Å². The first kappa shape index (κ1) is 14.5. The molecule has 0 radical (unpaired) electrons. The highest BCUT2D eigenvalue weighted by molar-refractivity contribution is 5.98. The quantitative estimate of drug-likeness (QED) is 0.906. The van der Waals surface area contributed by atoms with E-state index in [4.69, 9.17) is 14.9 Å². The first-order chi connectivity index (χ1) is 10.4. The van der Waals surface area contributed by atoms with Crippen molar-refractivity contribution in [2.75, 3.05) is 0 Å². The zero-order chi connectivity index (χ0) is 15.9. The molecule has 1 aromatic heterocycles. The van der Waals surface area contributed by atoms with E-state index in [1.54, 1.807) is 12.3 Å². The lowest BCUT2D eigenvalue weighted by molar-refractivity contribution is -0.119. The van der Waals surface area contributed by atoms with Gasteiger partial charge in [0.1, 0.15) is 17.6 Å². The van der Waals surface area contributed by atoms with Crippen molar-refractivity contribution in [1.29, 1.82) is 5.26 Å². The summed E-state index contributed by atoms with van der Waals surface area (Å²) in [5, 5.41) is 9.41. The largest absolute Gasteiger partial charge is 0.469 e. The number of hydrogen-bond donors (Lipinski definition) is 1. The highest BCUT2D eigenvalue weighted by atomic mass is 16.5. The maximum atomic E-state index is 12.6. The summed E-state index contributed by atoms with van der Waals surface area (Å²) in [4.78, 5) is 12.6. The molecule has 0 saturated carbocycles. The maximum absolute atomic E-state index is 12.6. The van der Waals surface area contributed by atoms with Crippen molar-refractivity contribution in [3.05, 3.63) is 46.9 Å². The first-order valence-corrected chi connectivity index (χ1v) is 7.27. The number of allylic oxidation sites excluding steroid dienone is 3. The number of nitrogens with zero attached hydrogens (tertiary/aromatic N) is 1. The molecule has 5 nitrogen and oxygen atoms in total. The molecule has 1 unspecified atom stereocenters. The molecular weight excluding hydrogens is 280 g/mol. The van der Waals surface area contributed by atoms with Gasteiger partial charge in [-0.3, -0.25) is 4.79 Å². The molecule has 5 heteroatoms. The summed E-state index contributed by atoms with van der Waals surface area (Å²) in [6.07, 6.45) is 3.10. The minimum atomic E-state index is -0.386.